The second-order valence-corrected chi connectivity index (χ2v) is 10.1. The molecular weight excluding hydrogens is 502 g/mol. The molecule has 3 aromatic rings. The third-order valence-electron chi connectivity index (χ3n) is 5.14. The molecule has 11 heteroatoms. The molecule has 192 valence electrons. The zero-order valence-corrected chi connectivity index (χ0v) is 22.1. The topological polar surface area (TPSA) is 119 Å². The Bertz CT molecular complexity index is 1270. The van der Waals surface area contributed by atoms with Crippen LogP contribution >= 0.6 is 0 Å². The van der Waals surface area contributed by atoms with Crippen LogP contribution in [-0.2, 0) is 27.5 Å². The van der Waals surface area contributed by atoms with Crippen molar-refractivity contribution >= 4 is 38.7 Å². The van der Waals surface area contributed by atoms with Gasteiger partial charge in [0.05, 0.1) is 64.9 Å². The molecule has 1 heterocycles. The maximum atomic E-state index is 12.9. The predicted molar refractivity (Wildman–Crippen MR) is 142 cm³/mol. The monoisotopic (exact) mass is 531 g/mol. The molecular formula is C25H29N3O6S2. The molecule has 9 nitrogen and oxygen atoms in total. The Balaban J connectivity index is 1.77. The first-order valence-electron chi connectivity index (χ1n) is 11.0. The highest BCUT2D eigenvalue weighted by atomic mass is 32.2. The average Bonchev–Trinajstić information content (AvgIpc) is 2.89. The highest BCUT2D eigenvalue weighted by molar-refractivity contribution is 7.97. The van der Waals surface area contributed by atoms with Gasteiger partial charge in [0.1, 0.15) is 34.8 Å². The number of anilines is 1. The fourth-order valence-corrected chi connectivity index (χ4v) is 5.06. The summed E-state index contributed by atoms with van der Waals surface area (Å²) in [7, 11) is 0.0819. The summed E-state index contributed by atoms with van der Waals surface area (Å²) in [5, 5.41) is 8.86. The second-order valence-electron chi connectivity index (χ2n) is 7.60. The van der Waals surface area contributed by atoms with Crippen LogP contribution in [0.5, 0.6) is 17.2 Å². The van der Waals surface area contributed by atoms with Crippen molar-refractivity contribution in [2.45, 2.75) is 24.5 Å². The smallest absolute Gasteiger partial charge is 0.150 e. The number of aliphatic hydroxyl groups is 1. The quantitative estimate of drug-likeness (QED) is 0.269. The van der Waals surface area contributed by atoms with Gasteiger partial charge in [0.25, 0.3) is 0 Å². The highest BCUT2D eigenvalue weighted by Crippen LogP contribution is 2.31. The number of nitrogens with one attached hydrogen (secondary N) is 1. The van der Waals surface area contributed by atoms with E-state index in [-0.39, 0.29) is 19.0 Å². The standard InChI is InChI=1S/C25H29N3O6S2/c1-17-14-26-24(18(2)25(17)33-4)15-35(30)16-27-23-13-20(32-3)7-10-22(23)28-36(31)21-8-5-19(6-9-21)34-12-11-29/h5-10,13-14,16,28-29H,11-12,15H2,1-4H3. The summed E-state index contributed by atoms with van der Waals surface area (Å²) in [5.74, 6) is 2.02. The summed E-state index contributed by atoms with van der Waals surface area (Å²) in [4.78, 5) is 9.31. The lowest BCUT2D eigenvalue weighted by molar-refractivity contribution is 0.201. The Labute approximate surface area is 215 Å². The van der Waals surface area contributed by atoms with Gasteiger partial charge < -0.3 is 19.3 Å². The maximum Gasteiger partial charge on any atom is 0.150 e. The number of pyridine rings is 1. The van der Waals surface area contributed by atoms with Gasteiger partial charge >= 0.3 is 0 Å². The molecule has 2 atom stereocenters. The van der Waals surface area contributed by atoms with Crippen LogP contribution in [0.1, 0.15) is 16.8 Å². The van der Waals surface area contributed by atoms with Gasteiger partial charge in [0, 0.05) is 23.4 Å². The zero-order chi connectivity index (χ0) is 26.1. The summed E-state index contributed by atoms with van der Waals surface area (Å²) in [6.07, 6.45) is 1.69. The van der Waals surface area contributed by atoms with E-state index >= 15 is 0 Å². The van der Waals surface area contributed by atoms with Gasteiger partial charge in [0.15, 0.2) is 0 Å². The van der Waals surface area contributed by atoms with Gasteiger partial charge in [-0.3, -0.25) is 13.9 Å². The fourth-order valence-electron chi connectivity index (χ4n) is 3.32. The minimum Gasteiger partial charge on any atom is -0.497 e. The molecule has 0 aliphatic rings. The summed E-state index contributed by atoms with van der Waals surface area (Å²) in [6, 6.07) is 11.8. The first-order valence-corrected chi connectivity index (χ1v) is 13.5. The van der Waals surface area contributed by atoms with Gasteiger partial charge in [-0.15, -0.1) is 0 Å². The number of methoxy groups -OCH3 is 2. The van der Waals surface area contributed by atoms with E-state index in [1.807, 2.05) is 13.8 Å². The summed E-state index contributed by atoms with van der Waals surface area (Å²) < 4.78 is 44.7. The molecule has 0 spiro atoms. The van der Waals surface area contributed by atoms with Crippen LogP contribution in [0.3, 0.4) is 0 Å². The number of hydrogen-bond acceptors (Lipinski definition) is 8. The Morgan fingerprint density at radius 2 is 1.78 bits per heavy atom. The zero-order valence-electron chi connectivity index (χ0n) is 20.5. The first kappa shape index (κ1) is 27.3. The van der Waals surface area contributed by atoms with E-state index in [2.05, 4.69) is 14.7 Å². The Kier molecular flexibility index (Phi) is 9.97. The van der Waals surface area contributed by atoms with Gasteiger partial charge in [-0.25, -0.2) is 9.20 Å². The van der Waals surface area contributed by atoms with Crippen LogP contribution in [0.15, 0.2) is 58.5 Å². The molecule has 2 unspecified atom stereocenters. The molecule has 0 saturated carbocycles. The van der Waals surface area contributed by atoms with Crippen molar-refractivity contribution in [3.05, 3.63) is 65.5 Å². The van der Waals surface area contributed by atoms with Crippen molar-refractivity contribution in [3.63, 3.8) is 0 Å². The van der Waals surface area contributed by atoms with E-state index < -0.39 is 21.8 Å². The predicted octanol–water partition coefficient (Wildman–Crippen LogP) is 3.83. The third-order valence-corrected chi connectivity index (χ3v) is 7.15. The number of nitrogens with zero attached hydrogens (tertiary/aromatic N) is 2. The minimum atomic E-state index is -1.59. The van der Waals surface area contributed by atoms with Gasteiger partial charge in [-0.2, -0.15) is 0 Å². The normalized spacial score (nSPS) is 12.8. The number of aryl methyl sites for hydroxylation is 1. The van der Waals surface area contributed by atoms with Crippen molar-refractivity contribution in [1.82, 2.24) is 4.98 Å². The third kappa shape index (κ3) is 7.12. The van der Waals surface area contributed by atoms with Gasteiger partial charge in [-0.05, 0) is 50.2 Å². The summed E-state index contributed by atoms with van der Waals surface area (Å²) in [5.41, 5.74) is 4.65. The number of aliphatic imine (C=N–C) groups is 1. The van der Waals surface area contributed by atoms with E-state index in [0.29, 0.717) is 33.5 Å². The molecule has 0 aliphatic carbocycles. The summed E-state index contributed by atoms with van der Waals surface area (Å²) in [6.45, 7) is 3.88. The second kappa shape index (κ2) is 13.1. The van der Waals surface area contributed by atoms with Crippen molar-refractivity contribution in [2.24, 2.45) is 4.99 Å². The van der Waals surface area contributed by atoms with E-state index in [1.165, 1.54) is 12.7 Å². The highest BCUT2D eigenvalue weighted by Gasteiger charge is 2.13. The number of aliphatic hydroxyl groups excluding tert-OH is 1. The Morgan fingerprint density at radius 3 is 2.44 bits per heavy atom. The number of benzene rings is 2. The molecule has 0 aliphatic heterocycles. The van der Waals surface area contributed by atoms with Crippen molar-refractivity contribution in [2.75, 3.05) is 32.2 Å². The van der Waals surface area contributed by atoms with Gasteiger partial charge in [-0.1, -0.05) is 0 Å². The van der Waals surface area contributed by atoms with Crippen molar-refractivity contribution in [1.29, 1.82) is 0 Å². The fraction of sp³-hybridized carbons (Fsp3) is 0.280. The average molecular weight is 532 g/mol. The molecule has 36 heavy (non-hydrogen) atoms. The molecule has 3 rings (SSSR count). The number of ether oxygens (including phenoxy) is 3. The van der Waals surface area contributed by atoms with Crippen LogP contribution < -0.4 is 18.9 Å². The molecule has 0 fully saturated rings. The van der Waals surface area contributed by atoms with Crippen LogP contribution in [0.2, 0.25) is 0 Å². The van der Waals surface area contributed by atoms with E-state index in [1.54, 1.807) is 55.8 Å². The molecule has 0 saturated heterocycles. The van der Waals surface area contributed by atoms with Gasteiger partial charge in [0.2, 0.25) is 0 Å². The van der Waals surface area contributed by atoms with Crippen molar-refractivity contribution in [3.8, 4) is 17.2 Å². The molecule has 0 radical (unpaired) electrons. The van der Waals surface area contributed by atoms with Crippen LogP contribution in [0.4, 0.5) is 11.4 Å². The number of aromatic nitrogens is 1. The largest absolute Gasteiger partial charge is 0.497 e. The molecule has 1 aromatic heterocycles. The number of rotatable bonds is 12. The molecule has 2 N–H and O–H groups in total. The lowest BCUT2D eigenvalue weighted by atomic mass is 10.1. The SMILES string of the molecule is COc1ccc(NS(=O)c2ccc(OCCO)cc2)c(N=CS(=O)Cc2ncc(C)c(OC)c2C)c1. The lowest BCUT2D eigenvalue weighted by Crippen LogP contribution is -2.06. The maximum absolute atomic E-state index is 12.9. The van der Waals surface area contributed by atoms with Crippen LogP contribution in [0.25, 0.3) is 0 Å². The Morgan fingerprint density at radius 1 is 1.06 bits per heavy atom. The van der Waals surface area contributed by atoms with Crippen molar-refractivity contribution < 1.29 is 27.7 Å². The van der Waals surface area contributed by atoms with Crippen LogP contribution in [-0.4, -0.2) is 51.5 Å². The molecule has 0 bridgehead atoms. The number of hydrogen-bond donors (Lipinski definition) is 2. The molecule has 0 amide bonds. The minimum absolute atomic E-state index is 0.0872. The molecule has 2 aromatic carbocycles. The Hall–Kier alpha value is -3.28. The van der Waals surface area contributed by atoms with E-state index in [9.17, 15) is 8.42 Å². The van der Waals surface area contributed by atoms with E-state index in [4.69, 9.17) is 19.3 Å². The summed E-state index contributed by atoms with van der Waals surface area (Å²) >= 11 is 0. The van der Waals surface area contributed by atoms with Crippen LogP contribution in [0, 0.1) is 13.8 Å². The first-order chi connectivity index (χ1) is 17.4. The van der Waals surface area contributed by atoms with E-state index in [0.717, 1.165) is 16.9 Å². The lowest BCUT2D eigenvalue weighted by Gasteiger charge is -2.12.